The Labute approximate surface area is 119 Å². The monoisotopic (exact) mass is 269 g/mol. The summed E-state index contributed by atoms with van der Waals surface area (Å²) in [5, 5.41) is 3.39. The van der Waals surface area contributed by atoms with Crippen LogP contribution in [0, 0.1) is 0 Å². The molecule has 0 aliphatic carbocycles. The molecule has 1 aromatic carbocycles. The molecule has 4 nitrogen and oxygen atoms in total. The molecule has 1 aliphatic heterocycles. The number of hydrogen-bond donors (Lipinski definition) is 1. The lowest BCUT2D eigenvalue weighted by Gasteiger charge is -2.20. The number of nitrogens with zero attached hydrogens (tertiary/aromatic N) is 2. The SMILES string of the molecule is CCc1nc(-c2ccccc2OC)nc2c1CNCC2. The average molecular weight is 269 g/mol. The van der Waals surface area contributed by atoms with Crippen molar-refractivity contribution in [2.45, 2.75) is 26.3 Å². The largest absolute Gasteiger partial charge is 0.496 e. The summed E-state index contributed by atoms with van der Waals surface area (Å²) in [4.78, 5) is 9.52. The summed E-state index contributed by atoms with van der Waals surface area (Å²) in [7, 11) is 1.68. The highest BCUT2D eigenvalue weighted by molar-refractivity contribution is 5.64. The Morgan fingerprint density at radius 2 is 2.10 bits per heavy atom. The maximum absolute atomic E-state index is 5.42. The van der Waals surface area contributed by atoms with Crippen molar-refractivity contribution in [2.24, 2.45) is 0 Å². The lowest BCUT2D eigenvalue weighted by molar-refractivity contribution is 0.416. The van der Waals surface area contributed by atoms with Gasteiger partial charge in [-0.1, -0.05) is 19.1 Å². The van der Waals surface area contributed by atoms with E-state index in [0.29, 0.717) is 0 Å². The molecule has 4 heteroatoms. The van der Waals surface area contributed by atoms with Gasteiger partial charge in [-0.3, -0.25) is 0 Å². The highest BCUT2D eigenvalue weighted by Crippen LogP contribution is 2.29. The van der Waals surface area contributed by atoms with Crippen LogP contribution in [0.1, 0.15) is 23.9 Å². The molecule has 0 bridgehead atoms. The van der Waals surface area contributed by atoms with Gasteiger partial charge >= 0.3 is 0 Å². The minimum absolute atomic E-state index is 0.778. The molecule has 1 aromatic heterocycles. The summed E-state index contributed by atoms with van der Waals surface area (Å²) < 4.78 is 5.42. The van der Waals surface area contributed by atoms with E-state index in [1.807, 2.05) is 24.3 Å². The number of hydrogen-bond acceptors (Lipinski definition) is 4. The Morgan fingerprint density at radius 3 is 2.90 bits per heavy atom. The van der Waals surface area contributed by atoms with E-state index < -0.39 is 0 Å². The number of rotatable bonds is 3. The first-order valence-electron chi connectivity index (χ1n) is 7.06. The molecule has 0 unspecified atom stereocenters. The van der Waals surface area contributed by atoms with Crippen LogP contribution in [0.3, 0.4) is 0 Å². The van der Waals surface area contributed by atoms with Crippen molar-refractivity contribution in [3.05, 3.63) is 41.2 Å². The van der Waals surface area contributed by atoms with Crippen LogP contribution in [0.4, 0.5) is 0 Å². The third kappa shape index (κ3) is 2.27. The number of fused-ring (bicyclic) bond motifs is 1. The van der Waals surface area contributed by atoms with Gasteiger partial charge in [0, 0.05) is 30.8 Å². The van der Waals surface area contributed by atoms with Crippen LogP contribution in [0.2, 0.25) is 0 Å². The molecule has 1 aliphatic rings. The van der Waals surface area contributed by atoms with Gasteiger partial charge < -0.3 is 10.1 Å². The Hall–Kier alpha value is -1.94. The topological polar surface area (TPSA) is 47.0 Å². The normalized spacial score (nSPS) is 13.9. The van der Waals surface area contributed by atoms with Gasteiger partial charge in [0.1, 0.15) is 5.75 Å². The van der Waals surface area contributed by atoms with Crippen molar-refractivity contribution < 1.29 is 4.74 Å². The number of aromatic nitrogens is 2. The molecule has 0 radical (unpaired) electrons. The van der Waals surface area contributed by atoms with Crippen molar-refractivity contribution in [1.29, 1.82) is 0 Å². The number of methoxy groups -OCH3 is 1. The molecule has 0 spiro atoms. The Morgan fingerprint density at radius 1 is 1.25 bits per heavy atom. The lowest BCUT2D eigenvalue weighted by atomic mass is 10.0. The van der Waals surface area contributed by atoms with Gasteiger partial charge in [-0.2, -0.15) is 0 Å². The van der Waals surface area contributed by atoms with Crippen LogP contribution >= 0.6 is 0 Å². The first-order chi connectivity index (χ1) is 9.83. The minimum Gasteiger partial charge on any atom is -0.496 e. The lowest BCUT2D eigenvalue weighted by Crippen LogP contribution is -2.26. The van der Waals surface area contributed by atoms with Gasteiger partial charge in [0.25, 0.3) is 0 Å². The summed E-state index contributed by atoms with van der Waals surface area (Å²) in [6, 6.07) is 7.92. The predicted octanol–water partition coefficient (Wildman–Crippen LogP) is 2.36. The average Bonchev–Trinajstić information content (AvgIpc) is 2.53. The number of aryl methyl sites for hydroxylation is 1. The van der Waals surface area contributed by atoms with Crippen LogP contribution < -0.4 is 10.1 Å². The number of para-hydroxylation sites is 1. The standard InChI is InChI=1S/C16H19N3O/c1-3-13-12-10-17-9-8-14(12)19-16(18-13)11-6-4-5-7-15(11)20-2/h4-7,17H,3,8-10H2,1-2H3. The highest BCUT2D eigenvalue weighted by atomic mass is 16.5. The summed E-state index contributed by atoms with van der Waals surface area (Å²) in [6.45, 7) is 4.01. The van der Waals surface area contributed by atoms with E-state index in [1.165, 1.54) is 11.3 Å². The van der Waals surface area contributed by atoms with Crippen molar-refractivity contribution >= 4 is 0 Å². The molecule has 2 heterocycles. The van der Waals surface area contributed by atoms with Crippen LogP contribution in [0.15, 0.2) is 24.3 Å². The van der Waals surface area contributed by atoms with Crippen LogP contribution in [0.5, 0.6) is 5.75 Å². The van der Waals surface area contributed by atoms with Crippen LogP contribution in [0.25, 0.3) is 11.4 Å². The molecular weight excluding hydrogens is 250 g/mol. The zero-order valence-electron chi connectivity index (χ0n) is 11.9. The van der Waals surface area contributed by atoms with E-state index >= 15 is 0 Å². The third-order valence-electron chi connectivity index (χ3n) is 3.70. The first-order valence-corrected chi connectivity index (χ1v) is 7.06. The van der Waals surface area contributed by atoms with Gasteiger partial charge in [-0.25, -0.2) is 9.97 Å². The molecule has 20 heavy (non-hydrogen) atoms. The molecule has 3 rings (SSSR count). The van der Waals surface area contributed by atoms with Gasteiger partial charge in [-0.15, -0.1) is 0 Å². The Kier molecular flexibility index (Phi) is 3.65. The van der Waals surface area contributed by atoms with E-state index in [4.69, 9.17) is 14.7 Å². The van der Waals surface area contributed by atoms with Crippen LogP contribution in [-0.2, 0) is 19.4 Å². The van der Waals surface area contributed by atoms with E-state index in [0.717, 1.165) is 48.8 Å². The molecule has 0 amide bonds. The highest BCUT2D eigenvalue weighted by Gasteiger charge is 2.18. The molecule has 1 N–H and O–H groups in total. The maximum Gasteiger partial charge on any atom is 0.163 e. The molecule has 0 atom stereocenters. The summed E-state index contributed by atoms with van der Waals surface area (Å²) >= 11 is 0. The third-order valence-corrected chi connectivity index (χ3v) is 3.70. The number of ether oxygens (including phenoxy) is 1. The number of benzene rings is 1. The van der Waals surface area contributed by atoms with Crippen molar-refractivity contribution in [3.8, 4) is 17.1 Å². The molecule has 0 saturated heterocycles. The smallest absolute Gasteiger partial charge is 0.163 e. The van der Waals surface area contributed by atoms with Crippen molar-refractivity contribution in [2.75, 3.05) is 13.7 Å². The number of nitrogens with one attached hydrogen (secondary N) is 1. The second-order valence-corrected chi connectivity index (χ2v) is 4.90. The summed E-state index contributed by atoms with van der Waals surface area (Å²) in [5.74, 6) is 1.60. The fraction of sp³-hybridized carbons (Fsp3) is 0.375. The quantitative estimate of drug-likeness (QED) is 0.929. The maximum atomic E-state index is 5.42. The molecule has 0 saturated carbocycles. The summed E-state index contributed by atoms with van der Waals surface area (Å²) in [6.07, 6.45) is 1.89. The van der Waals surface area contributed by atoms with E-state index in [2.05, 4.69) is 12.2 Å². The second-order valence-electron chi connectivity index (χ2n) is 4.90. The summed E-state index contributed by atoms with van der Waals surface area (Å²) in [5.41, 5.74) is 4.56. The van der Waals surface area contributed by atoms with Gasteiger partial charge in [0.2, 0.25) is 0 Å². The fourth-order valence-corrected chi connectivity index (χ4v) is 2.66. The Balaban J connectivity index is 2.14. The van der Waals surface area contributed by atoms with Gasteiger partial charge in [0.05, 0.1) is 18.4 Å². The second kappa shape index (κ2) is 5.59. The first kappa shape index (κ1) is 13.1. The van der Waals surface area contributed by atoms with E-state index in [1.54, 1.807) is 7.11 Å². The molecule has 0 fully saturated rings. The van der Waals surface area contributed by atoms with Gasteiger partial charge in [-0.05, 0) is 18.6 Å². The zero-order valence-corrected chi connectivity index (χ0v) is 11.9. The molecule has 104 valence electrons. The van der Waals surface area contributed by atoms with Crippen molar-refractivity contribution in [3.63, 3.8) is 0 Å². The molecular formula is C16H19N3O. The van der Waals surface area contributed by atoms with E-state index in [9.17, 15) is 0 Å². The van der Waals surface area contributed by atoms with Crippen molar-refractivity contribution in [1.82, 2.24) is 15.3 Å². The van der Waals surface area contributed by atoms with Gasteiger partial charge in [0.15, 0.2) is 5.82 Å². The zero-order chi connectivity index (χ0) is 13.9. The fourth-order valence-electron chi connectivity index (χ4n) is 2.66. The molecule has 2 aromatic rings. The Bertz CT molecular complexity index is 608. The minimum atomic E-state index is 0.778. The van der Waals surface area contributed by atoms with E-state index in [-0.39, 0.29) is 0 Å². The van der Waals surface area contributed by atoms with Crippen LogP contribution in [-0.4, -0.2) is 23.6 Å². The predicted molar refractivity (Wildman–Crippen MR) is 78.8 cm³/mol.